The molecule has 0 spiro atoms. The van der Waals surface area contributed by atoms with E-state index in [2.05, 4.69) is 32.9 Å². The largest absolute Gasteiger partial charge is 0.507 e. The summed E-state index contributed by atoms with van der Waals surface area (Å²) in [5.41, 5.74) is 3.65. The fraction of sp³-hybridized carbons (Fsp3) is 0.370. The van der Waals surface area contributed by atoms with Gasteiger partial charge in [-0.1, -0.05) is 29.4 Å². The first-order valence-corrected chi connectivity index (χ1v) is 11.1. The van der Waals surface area contributed by atoms with Gasteiger partial charge in [0.05, 0.1) is 13.5 Å². The van der Waals surface area contributed by atoms with Gasteiger partial charge in [-0.2, -0.15) is 0 Å². The normalized spacial score (nSPS) is 15.6. The number of benzene rings is 2. The highest BCUT2D eigenvalue weighted by atomic mass is 16.5. The summed E-state index contributed by atoms with van der Waals surface area (Å²) in [6.45, 7) is 6.23. The molecule has 2 aromatic carbocycles. The number of carbonyl (C=O) groups is 1. The van der Waals surface area contributed by atoms with E-state index in [1.807, 2.05) is 0 Å². The average Bonchev–Trinajstić information content (AvgIpc) is 2.75. The molecule has 0 bridgehead atoms. The van der Waals surface area contributed by atoms with Gasteiger partial charge in [0, 0.05) is 11.6 Å². The highest BCUT2D eigenvalue weighted by molar-refractivity contribution is 6.03. The number of ketones is 1. The molecular weight excluding hydrogens is 420 g/mol. The monoisotopic (exact) mass is 452 g/mol. The zero-order valence-corrected chi connectivity index (χ0v) is 19.6. The molecule has 1 atom stereocenters. The Bertz CT molecular complexity index is 1090. The third kappa shape index (κ3) is 5.69. The van der Waals surface area contributed by atoms with Crippen LogP contribution in [0.3, 0.4) is 0 Å². The van der Waals surface area contributed by atoms with Crippen LogP contribution in [0.1, 0.15) is 74.0 Å². The third-order valence-electron chi connectivity index (χ3n) is 5.82. The second-order valence-electron chi connectivity index (χ2n) is 8.67. The highest BCUT2D eigenvalue weighted by Crippen LogP contribution is 2.45. The Kier molecular flexibility index (Phi) is 7.69. The second kappa shape index (κ2) is 10.5. The molecule has 0 aromatic heterocycles. The van der Waals surface area contributed by atoms with Crippen molar-refractivity contribution in [1.82, 2.24) is 0 Å². The number of phenolic OH excluding ortho intramolecular Hbond substituents is 3. The van der Waals surface area contributed by atoms with E-state index in [1.165, 1.54) is 30.4 Å². The van der Waals surface area contributed by atoms with Crippen LogP contribution in [-0.4, -0.2) is 28.2 Å². The van der Waals surface area contributed by atoms with E-state index in [0.29, 0.717) is 24.0 Å². The van der Waals surface area contributed by atoms with E-state index in [-0.39, 0.29) is 46.5 Å². The molecule has 1 aliphatic heterocycles. The molecule has 1 aliphatic rings. The van der Waals surface area contributed by atoms with Crippen LogP contribution >= 0.6 is 0 Å². The van der Waals surface area contributed by atoms with Gasteiger partial charge in [0.25, 0.3) is 0 Å². The molecule has 0 radical (unpaired) electrons. The minimum Gasteiger partial charge on any atom is -0.507 e. The van der Waals surface area contributed by atoms with Crippen molar-refractivity contribution in [2.75, 3.05) is 7.11 Å². The number of rotatable bonds is 8. The Balaban J connectivity index is 1.77. The Morgan fingerprint density at radius 2 is 1.85 bits per heavy atom. The predicted octanol–water partition coefficient (Wildman–Crippen LogP) is 6.14. The summed E-state index contributed by atoms with van der Waals surface area (Å²) in [5, 5.41) is 31.1. The summed E-state index contributed by atoms with van der Waals surface area (Å²) < 4.78 is 11.1. The number of methoxy groups -OCH3 is 1. The van der Waals surface area contributed by atoms with E-state index in [9.17, 15) is 20.1 Å². The maximum Gasteiger partial charge on any atom is 0.174 e. The Morgan fingerprint density at radius 3 is 2.55 bits per heavy atom. The van der Waals surface area contributed by atoms with E-state index < -0.39 is 6.10 Å². The van der Waals surface area contributed by atoms with Gasteiger partial charge >= 0.3 is 0 Å². The number of aromatic hydroxyl groups is 3. The molecule has 33 heavy (non-hydrogen) atoms. The predicted molar refractivity (Wildman–Crippen MR) is 127 cm³/mol. The molecule has 3 rings (SSSR count). The van der Waals surface area contributed by atoms with Crippen molar-refractivity contribution in [1.29, 1.82) is 0 Å². The number of Topliss-reactive ketones (excluding diaryl/α,β-unsaturated/α-hetero) is 1. The molecule has 0 amide bonds. The smallest absolute Gasteiger partial charge is 0.174 e. The van der Waals surface area contributed by atoms with E-state index in [4.69, 9.17) is 9.47 Å². The molecular formula is C27H32O6. The molecule has 0 fully saturated rings. The van der Waals surface area contributed by atoms with Gasteiger partial charge in [0.2, 0.25) is 0 Å². The zero-order valence-electron chi connectivity index (χ0n) is 19.6. The maximum absolute atomic E-state index is 12.9. The number of allylic oxidation sites excluding steroid dienone is 4. The van der Waals surface area contributed by atoms with Crippen molar-refractivity contribution in [3.05, 3.63) is 64.3 Å². The Labute approximate surface area is 194 Å². The molecule has 6 nitrogen and oxygen atoms in total. The summed E-state index contributed by atoms with van der Waals surface area (Å²) in [4.78, 5) is 12.9. The molecule has 0 saturated carbocycles. The standard InChI is InChI=1S/C27H32O6/c1-16(2)7-5-8-17(3)9-6-10-19-21(29)14-25-26(27(19)31)22(30)15-23(33-25)18-11-12-20(28)24(13-18)32-4/h7,9,11-14,23,28-29,31H,5-6,8,10,15H2,1-4H3/t23-/m0/s1. The van der Waals surface area contributed by atoms with Crippen molar-refractivity contribution >= 4 is 5.78 Å². The number of ether oxygens (including phenoxy) is 2. The van der Waals surface area contributed by atoms with Crippen LogP contribution < -0.4 is 9.47 Å². The lowest BCUT2D eigenvalue weighted by atomic mass is 9.92. The van der Waals surface area contributed by atoms with Gasteiger partial charge in [-0.3, -0.25) is 4.79 Å². The number of hydrogen-bond donors (Lipinski definition) is 3. The van der Waals surface area contributed by atoms with Crippen molar-refractivity contribution < 1.29 is 29.6 Å². The third-order valence-corrected chi connectivity index (χ3v) is 5.82. The molecule has 1 heterocycles. The summed E-state index contributed by atoms with van der Waals surface area (Å²) in [6.07, 6.45) is 6.72. The van der Waals surface area contributed by atoms with Crippen molar-refractivity contribution in [3.8, 4) is 28.7 Å². The van der Waals surface area contributed by atoms with Gasteiger partial charge in [-0.05, 0) is 64.2 Å². The van der Waals surface area contributed by atoms with Crippen LogP contribution in [-0.2, 0) is 6.42 Å². The van der Waals surface area contributed by atoms with Gasteiger partial charge in [0.15, 0.2) is 17.3 Å². The van der Waals surface area contributed by atoms with Gasteiger partial charge in [0.1, 0.15) is 28.9 Å². The van der Waals surface area contributed by atoms with Gasteiger partial charge < -0.3 is 24.8 Å². The fourth-order valence-corrected chi connectivity index (χ4v) is 3.98. The molecule has 6 heteroatoms. The minimum atomic E-state index is -0.615. The van der Waals surface area contributed by atoms with Crippen LogP contribution in [0.15, 0.2) is 47.6 Å². The summed E-state index contributed by atoms with van der Waals surface area (Å²) in [6, 6.07) is 6.14. The van der Waals surface area contributed by atoms with Crippen molar-refractivity contribution in [2.24, 2.45) is 0 Å². The lowest BCUT2D eigenvalue weighted by molar-refractivity contribution is 0.0844. The number of fused-ring (bicyclic) bond motifs is 1. The van der Waals surface area contributed by atoms with Crippen LogP contribution in [0, 0.1) is 0 Å². The fourth-order valence-electron chi connectivity index (χ4n) is 3.98. The number of carbonyl (C=O) groups excluding carboxylic acids is 1. The van der Waals surface area contributed by atoms with E-state index >= 15 is 0 Å². The van der Waals surface area contributed by atoms with E-state index in [0.717, 1.165) is 12.8 Å². The Hall–Kier alpha value is -3.41. The first-order chi connectivity index (χ1) is 15.7. The minimum absolute atomic E-state index is 0.00931. The lowest BCUT2D eigenvalue weighted by Crippen LogP contribution is -2.21. The first-order valence-electron chi connectivity index (χ1n) is 11.1. The van der Waals surface area contributed by atoms with Crippen LogP contribution in [0.4, 0.5) is 0 Å². The molecule has 3 N–H and O–H groups in total. The van der Waals surface area contributed by atoms with Crippen molar-refractivity contribution in [2.45, 2.75) is 59.0 Å². The van der Waals surface area contributed by atoms with Crippen LogP contribution in [0.25, 0.3) is 0 Å². The summed E-state index contributed by atoms with van der Waals surface area (Å²) >= 11 is 0. The van der Waals surface area contributed by atoms with Crippen LogP contribution in [0.5, 0.6) is 28.7 Å². The Morgan fingerprint density at radius 1 is 1.09 bits per heavy atom. The molecule has 0 unspecified atom stereocenters. The first kappa shape index (κ1) is 24.2. The van der Waals surface area contributed by atoms with Crippen molar-refractivity contribution in [3.63, 3.8) is 0 Å². The van der Waals surface area contributed by atoms with Crippen LogP contribution in [0.2, 0.25) is 0 Å². The number of hydrogen-bond acceptors (Lipinski definition) is 6. The van der Waals surface area contributed by atoms with Gasteiger partial charge in [-0.25, -0.2) is 0 Å². The maximum atomic E-state index is 12.9. The molecule has 2 aromatic rings. The van der Waals surface area contributed by atoms with E-state index in [1.54, 1.807) is 12.1 Å². The zero-order chi connectivity index (χ0) is 24.1. The topological polar surface area (TPSA) is 96.2 Å². The number of phenols is 3. The quantitative estimate of drug-likeness (QED) is 0.416. The molecule has 0 saturated heterocycles. The lowest BCUT2D eigenvalue weighted by Gasteiger charge is -2.27. The SMILES string of the molecule is COc1cc([C@@H]2CC(=O)c3c(cc(O)c(CCC=C(C)CCC=C(C)C)c3O)O2)ccc1O. The second-order valence-corrected chi connectivity index (χ2v) is 8.67. The summed E-state index contributed by atoms with van der Waals surface area (Å²) in [7, 11) is 1.44. The average molecular weight is 453 g/mol. The highest BCUT2D eigenvalue weighted by Gasteiger charge is 2.33. The molecule has 0 aliphatic carbocycles. The molecule has 176 valence electrons. The van der Waals surface area contributed by atoms with Gasteiger partial charge in [-0.15, -0.1) is 0 Å². The summed E-state index contributed by atoms with van der Waals surface area (Å²) in [5.74, 6) is -0.161.